The zero-order chi connectivity index (χ0) is 42.7. The molecule has 4 aromatic heterocycles. The van der Waals surface area contributed by atoms with Gasteiger partial charge in [0.25, 0.3) is 6.33 Å². The third kappa shape index (κ3) is 5.55. The zero-order valence-electron chi connectivity index (χ0n) is 35.5. The van der Waals surface area contributed by atoms with Crippen molar-refractivity contribution in [3.05, 3.63) is 200 Å². The molecule has 1 aliphatic rings. The van der Waals surface area contributed by atoms with E-state index in [-0.39, 0.29) is 5.41 Å². The monoisotopic (exact) mass is 840 g/mol. The van der Waals surface area contributed by atoms with Gasteiger partial charge in [0, 0.05) is 37.8 Å². The van der Waals surface area contributed by atoms with Crippen LogP contribution >= 0.6 is 11.3 Å². The summed E-state index contributed by atoms with van der Waals surface area (Å²) in [5, 5.41) is 4.81. The molecule has 0 unspecified atom stereocenters. The van der Waals surface area contributed by atoms with Gasteiger partial charge in [0.2, 0.25) is 0 Å². The summed E-state index contributed by atoms with van der Waals surface area (Å²) >= 11 is 1.84. The summed E-state index contributed by atoms with van der Waals surface area (Å²) < 4.78 is 16.1. The van der Waals surface area contributed by atoms with E-state index in [4.69, 9.17) is 9.72 Å². The number of ether oxygens (including phenoxy) is 1. The van der Waals surface area contributed by atoms with Crippen LogP contribution in [0.4, 0.5) is 0 Å². The molecule has 1 aliphatic heterocycles. The molecule has 0 fully saturated rings. The maximum absolute atomic E-state index is 6.82. The summed E-state index contributed by atoms with van der Waals surface area (Å²) in [5.41, 5.74) is 14.7. The van der Waals surface area contributed by atoms with Crippen LogP contribution in [0.25, 0.3) is 104 Å². The van der Waals surface area contributed by atoms with Gasteiger partial charge in [0.05, 0.1) is 33.4 Å². The molecule has 0 bridgehead atoms. The molecular weight excluding hydrogens is 801 g/mol. The first kappa shape index (κ1) is 36.8. The minimum absolute atomic E-state index is 0.0155. The van der Waals surface area contributed by atoms with Gasteiger partial charge in [-0.25, -0.2) is 4.98 Å². The standard InChI is InChI=1S/C58H40N4OS/c1-58(2,3)36-30-31-59-54(32-36)62-49-23-10-8-20-44(49)45-27-26-39(34-51(45)62)63-38-15-12-14-37(33-38)60-35-61-56-46(22-13-24-50(56)60)42-18-6-4-16-40(42)41-17-5-7-19-43(41)47-28-29-53-55(57(47)61)48-21-9-11-25-52(48)64-53/h4-34H,1-3H3. The van der Waals surface area contributed by atoms with Crippen molar-refractivity contribution in [2.75, 3.05) is 0 Å². The van der Waals surface area contributed by atoms with Crippen LogP contribution in [0.5, 0.6) is 11.5 Å². The third-order valence-corrected chi connectivity index (χ3v) is 14.1. The van der Waals surface area contributed by atoms with Gasteiger partial charge in [-0.2, -0.15) is 0 Å². The van der Waals surface area contributed by atoms with Gasteiger partial charge >= 0.3 is 0 Å². The minimum atomic E-state index is -0.0155. The SMILES string of the molecule is CC(C)(C)c1ccnc(-n2c3ccccc3c3ccc(Oc4cccc(-n5[c-][n+]6c7c(cccc75)-c5ccccc5-c5ccccc5-c5ccc7sc8ccccc8c7c5-6)c4)cc32)c1. The topological polar surface area (TPSA) is 35.9 Å². The quantitative estimate of drug-likeness (QED) is 0.131. The summed E-state index contributed by atoms with van der Waals surface area (Å²) in [5.74, 6) is 2.37. The second kappa shape index (κ2) is 13.9. The van der Waals surface area contributed by atoms with Gasteiger partial charge in [0.15, 0.2) is 0 Å². The molecule has 0 amide bonds. The van der Waals surface area contributed by atoms with Crippen molar-refractivity contribution in [2.45, 2.75) is 26.2 Å². The summed E-state index contributed by atoms with van der Waals surface area (Å²) in [6, 6.07) is 65.4. The molecule has 0 saturated heterocycles. The Morgan fingerprint density at radius 1 is 0.531 bits per heavy atom. The number of rotatable bonds is 4. The predicted octanol–water partition coefficient (Wildman–Crippen LogP) is 15.0. The van der Waals surface area contributed by atoms with Gasteiger partial charge in [-0.05, 0) is 110 Å². The van der Waals surface area contributed by atoms with Crippen molar-refractivity contribution < 1.29 is 9.30 Å². The Hall–Kier alpha value is -7.80. The van der Waals surface area contributed by atoms with E-state index in [1.165, 1.54) is 58.9 Å². The highest BCUT2D eigenvalue weighted by atomic mass is 32.1. The van der Waals surface area contributed by atoms with Gasteiger partial charge in [0.1, 0.15) is 17.3 Å². The minimum Gasteiger partial charge on any atom is -0.458 e. The first-order valence-corrected chi connectivity index (χ1v) is 22.6. The molecule has 304 valence electrons. The predicted molar refractivity (Wildman–Crippen MR) is 264 cm³/mol. The molecule has 5 heterocycles. The van der Waals surface area contributed by atoms with Crippen LogP contribution in [-0.4, -0.2) is 14.1 Å². The third-order valence-electron chi connectivity index (χ3n) is 12.9. The molecule has 64 heavy (non-hydrogen) atoms. The van der Waals surface area contributed by atoms with Crippen molar-refractivity contribution in [3.8, 4) is 62.1 Å². The molecule has 0 spiro atoms. The van der Waals surface area contributed by atoms with E-state index < -0.39 is 0 Å². The molecule has 5 nitrogen and oxygen atoms in total. The number of hydrogen-bond donors (Lipinski definition) is 0. The first-order chi connectivity index (χ1) is 31.4. The Bertz CT molecular complexity index is 3880. The van der Waals surface area contributed by atoms with Crippen LogP contribution in [0.1, 0.15) is 26.3 Å². The second-order valence-corrected chi connectivity index (χ2v) is 18.8. The Labute approximate surface area is 374 Å². The van der Waals surface area contributed by atoms with Gasteiger partial charge < -0.3 is 4.74 Å². The zero-order valence-corrected chi connectivity index (χ0v) is 36.3. The van der Waals surface area contributed by atoms with E-state index in [0.29, 0.717) is 0 Å². The average molecular weight is 841 g/mol. The molecule has 0 atom stereocenters. The van der Waals surface area contributed by atoms with Crippen LogP contribution in [0.3, 0.4) is 0 Å². The van der Waals surface area contributed by atoms with Crippen molar-refractivity contribution in [2.24, 2.45) is 0 Å². The van der Waals surface area contributed by atoms with Crippen LogP contribution in [0.15, 0.2) is 188 Å². The molecule has 0 saturated carbocycles. The van der Waals surface area contributed by atoms with Crippen molar-refractivity contribution in [3.63, 3.8) is 0 Å². The number of nitrogens with zero attached hydrogens (tertiary/aromatic N) is 4. The molecule has 0 radical (unpaired) electrons. The fraction of sp³-hybridized carbons (Fsp3) is 0.0690. The van der Waals surface area contributed by atoms with Crippen molar-refractivity contribution in [1.29, 1.82) is 0 Å². The second-order valence-electron chi connectivity index (χ2n) is 17.8. The molecule has 6 heteroatoms. The number of fused-ring (bicyclic) bond motifs is 14. The summed E-state index contributed by atoms with van der Waals surface area (Å²) in [7, 11) is 0. The van der Waals surface area contributed by atoms with Crippen molar-refractivity contribution >= 4 is 64.3 Å². The fourth-order valence-electron chi connectivity index (χ4n) is 9.97. The Kier molecular flexibility index (Phi) is 7.97. The smallest absolute Gasteiger partial charge is 0.269 e. The summed E-state index contributed by atoms with van der Waals surface area (Å²) in [6.45, 7) is 6.72. The number of benzene rings is 8. The van der Waals surface area contributed by atoms with E-state index in [9.17, 15) is 0 Å². The number of aromatic nitrogens is 4. The summed E-state index contributed by atoms with van der Waals surface area (Å²) in [4.78, 5) is 4.90. The van der Waals surface area contributed by atoms with Gasteiger partial charge in [-0.1, -0.05) is 136 Å². The molecular formula is C58H40N4OS. The normalized spacial score (nSPS) is 12.3. The molecule has 0 N–H and O–H groups in total. The highest BCUT2D eigenvalue weighted by molar-refractivity contribution is 7.25. The maximum atomic E-state index is 6.82. The Morgan fingerprint density at radius 3 is 2.00 bits per heavy atom. The van der Waals surface area contributed by atoms with E-state index >= 15 is 0 Å². The highest BCUT2D eigenvalue weighted by Gasteiger charge is 2.27. The van der Waals surface area contributed by atoms with E-state index in [1.54, 1.807) is 0 Å². The molecule has 13 rings (SSSR count). The average Bonchev–Trinajstić information content (AvgIpc) is 4.01. The van der Waals surface area contributed by atoms with Crippen LogP contribution < -0.4 is 9.30 Å². The fourth-order valence-corrected chi connectivity index (χ4v) is 11.1. The lowest BCUT2D eigenvalue weighted by Gasteiger charge is -2.20. The van der Waals surface area contributed by atoms with E-state index in [2.05, 4.69) is 217 Å². The largest absolute Gasteiger partial charge is 0.458 e. The number of imidazole rings is 1. The van der Waals surface area contributed by atoms with Crippen LogP contribution in [-0.2, 0) is 5.41 Å². The highest BCUT2D eigenvalue weighted by Crippen LogP contribution is 2.47. The van der Waals surface area contributed by atoms with Crippen LogP contribution in [0, 0.1) is 6.33 Å². The maximum Gasteiger partial charge on any atom is 0.269 e. The van der Waals surface area contributed by atoms with Gasteiger partial charge in [-0.15, -0.1) is 11.3 Å². The lowest BCUT2D eigenvalue weighted by atomic mass is 9.88. The van der Waals surface area contributed by atoms with Crippen molar-refractivity contribution in [1.82, 2.24) is 14.1 Å². The van der Waals surface area contributed by atoms with Crippen LogP contribution in [0.2, 0.25) is 0 Å². The number of para-hydroxylation sites is 2. The molecule has 8 aromatic carbocycles. The number of hydrogen-bond acceptors (Lipinski definition) is 3. The first-order valence-electron chi connectivity index (χ1n) is 21.8. The molecule has 0 aliphatic carbocycles. The van der Waals surface area contributed by atoms with Gasteiger partial charge in [-0.3, -0.25) is 13.7 Å². The summed E-state index contributed by atoms with van der Waals surface area (Å²) in [6.07, 6.45) is 5.87. The lowest BCUT2D eigenvalue weighted by molar-refractivity contribution is -0.569. The number of thiophene rings is 1. The van der Waals surface area contributed by atoms with E-state index in [1.807, 2.05) is 23.6 Å². The lowest BCUT2D eigenvalue weighted by Crippen LogP contribution is -2.31. The Balaban J connectivity index is 1.01. The molecule has 12 aromatic rings. The number of pyridine rings is 1. The Morgan fingerprint density at radius 2 is 1.19 bits per heavy atom. The van der Waals surface area contributed by atoms with E-state index in [0.717, 1.165) is 61.7 Å².